The number of nitrogen functional groups attached to an aromatic ring is 1. The SMILES string of the molecule is Nc1cccc(-n2cncc2C2CCCCC2)c1. The average Bonchev–Trinajstić information content (AvgIpc) is 2.89. The van der Waals surface area contributed by atoms with Gasteiger partial charge < -0.3 is 10.3 Å². The maximum Gasteiger partial charge on any atom is 0.0994 e. The number of anilines is 1. The summed E-state index contributed by atoms with van der Waals surface area (Å²) in [5, 5.41) is 0. The van der Waals surface area contributed by atoms with Gasteiger partial charge in [-0.25, -0.2) is 4.98 Å². The standard InChI is InChI=1S/C15H19N3/c16-13-7-4-8-14(9-13)18-11-17-10-15(18)12-5-2-1-3-6-12/h4,7-12H,1-3,5-6,16H2. The van der Waals surface area contributed by atoms with Crippen LogP contribution in [-0.2, 0) is 0 Å². The highest BCUT2D eigenvalue weighted by molar-refractivity contribution is 5.48. The van der Waals surface area contributed by atoms with Crippen molar-refractivity contribution in [3.05, 3.63) is 42.5 Å². The molecule has 1 fully saturated rings. The normalized spacial score (nSPS) is 16.9. The summed E-state index contributed by atoms with van der Waals surface area (Å²) in [5.74, 6) is 0.655. The lowest BCUT2D eigenvalue weighted by atomic mass is 9.87. The molecule has 0 spiro atoms. The first kappa shape index (κ1) is 11.3. The molecule has 0 amide bonds. The van der Waals surface area contributed by atoms with E-state index in [-0.39, 0.29) is 0 Å². The van der Waals surface area contributed by atoms with Gasteiger partial charge in [-0.2, -0.15) is 0 Å². The summed E-state index contributed by atoms with van der Waals surface area (Å²) >= 11 is 0. The van der Waals surface area contributed by atoms with Gasteiger partial charge in [-0.1, -0.05) is 25.3 Å². The summed E-state index contributed by atoms with van der Waals surface area (Å²) in [6.45, 7) is 0. The van der Waals surface area contributed by atoms with Crippen LogP contribution in [-0.4, -0.2) is 9.55 Å². The van der Waals surface area contributed by atoms with E-state index in [4.69, 9.17) is 5.73 Å². The number of hydrogen-bond acceptors (Lipinski definition) is 2. The van der Waals surface area contributed by atoms with Crippen LogP contribution < -0.4 is 5.73 Å². The second kappa shape index (κ2) is 4.84. The van der Waals surface area contributed by atoms with E-state index in [1.165, 1.54) is 37.8 Å². The van der Waals surface area contributed by atoms with Crippen LogP contribution in [0, 0.1) is 0 Å². The highest BCUT2D eigenvalue weighted by Crippen LogP contribution is 2.33. The molecule has 18 heavy (non-hydrogen) atoms. The predicted molar refractivity (Wildman–Crippen MR) is 73.8 cm³/mol. The number of rotatable bonds is 2. The minimum atomic E-state index is 0.655. The molecule has 3 rings (SSSR count). The average molecular weight is 241 g/mol. The van der Waals surface area contributed by atoms with Crippen molar-refractivity contribution in [1.29, 1.82) is 0 Å². The molecule has 0 radical (unpaired) electrons. The summed E-state index contributed by atoms with van der Waals surface area (Å²) in [6.07, 6.45) is 10.5. The fourth-order valence-corrected chi connectivity index (χ4v) is 2.90. The van der Waals surface area contributed by atoms with Gasteiger partial charge in [0, 0.05) is 29.2 Å². The van der Waals surface area contributed by atoms with Crippen LogP contribution in [0.25, 0.3) is 5.69 Å². The molecule has 0 atom stereocenters. The maximum absolute atomic E-state index is 5.86. The van der Waals surface area contributed by atoms with E-state index in [2.05, 4.69) is 15.6 Å². The van der Waals surface area contributed by atoms with Gasteiger partial charge in [0.05, 0.1) is 6.33 Å². The van der Waals surface area contributed by atoms with Gasteiger partial charge in [-0.3, -0.25) is 0 Å². The van der Waals surface area contributed by atoms with Crippen LogP contribution in [0.15, 0.2) is 36.8 Å². The van der Waals surface area contributed by atoms with E-state index in [1.807, 2.05) is 30.7 Å². The molecule has 0 saturated heterocycles. The molecule has 2 aromatic rings. The molecule has 1 aliphatic rings. The fourth-order valence-electron chi connectivity index (χ4n) is 2.90. The number of nitrogens with two attached hydrogens (primary N) is 1. The highest BCUT2D eigenvalue weighted by Gasteiger charge is 2.19. The van der Waals surface area contributed by atoms with Crippen molar-refractivity contribution >= 4 is 5.69 Å². The molecule has 0 unspecified atom stereocenters. The molecule has 1 aliphatic carbocycles. The zero-order chi connectivity index (χ0) is 12.4. The Hall–Kier alpha value is -1.77. The molecule has 94 valence electrons. The van der Waals surface area contributed by atoms with Gasteiger partial charge in [0.2, 0.25) is 0 Å². The molecule has 3 heteroatoms. The Kier molecular flexibility index (Phi) is 3.05. The Morgan fingerprint density at radius 1 is 1.17 bits per heavy atom. The molecule has 0 bridgehead atoms. The van der Waals surface area contributed by atoms with Crippen LogP contribution in [0.3, 0.4) is 0 Å². The van der Waals surface area contributed by atoms with Crippen molar-refractivity contribution in [2.75, 3.05) is 5.73 Å². The van der Waals surface area contributed by atoms with Gasteiger partial charge in [0.1, 0.15) is 0 Å². The van der Waals surface area contributed by atoms with Crippen LogP contribution in [0.5, 0.6) is 0 Å². The number of hydrogen-bond donors (Lipinski definition) is 1. The van der Waals surface area contributed by atoms with E-state index in [1.54, 1.807) is 0 Å². The fraction of sp³-hybridized carbons (Fsp3) is 0.400. The predicted octanol–water partition coefficient (Wildman–Crippen LogP) is 3.50. The second-order valence-corrected chi connectivity index (χ2v) is 5.12. The molecular formula is C15H19N3. The van der Waals surface area contributed by atoms with Crippen molar-refractivity contribution in [1.82, 2.24) is 9.55 Å². The topological polar surface area (TPSA) is 43.8 Å². The molecule has 0 aliphatic heterocycles. The first-order chi connectivity index (χ1) is 8.84. The minimum absolute atomic E-state index is 0.655. The second-order valence-electron chi connectivity index (χ2n) is 5.12. The van der Waals surface area contributed by atoms with E-state index < -0.39 is 0 Å². The molecular weight excluding hydrogens is 222 g/mol. The Labute approximate surface area is 108 Å². The van der Waals surface area contributed by atoms with Gasteiger partial charge in [0.25, 0.3) is 0 Å². The van der Waals surface area contributed by atoms with Crippen molar-refractivity contribution < 1.29 is 0 Å². The van der Waals surface area contributed by atoms with E-state index in [0.29, 0.717) is 5.92 Å². The van der Waals surface area contributed by atoms with E-state index >= 15 is 0 Å². The number of aromatic nitrogens is 2. The monoisotopic (exact) mass is 241 g/mol. The molecule has 2 N–H and O–H groups in total. The third-order valence-electron chi connectivity index (χ3n) is 3.84. The van der Waals surface area contributed by atoms with Crippen LogP contribution in [0.2, 0.25) is 0 Å². The summed E-state index contributed by atoms with van der Waals surface area (Å²) in [6, 6.07) is 8.01. The van der Waals surface area contributed by atoms with Gasteiger partial charge >= 0.3 is 0 Å². The smallest absolute Gasteiger partial charge is 0.0994 e. The first-order valence-electron chi connectivity index (χ1n) is 6.73. The Bertz CT molecular complexity index is 524. The largest absolute Gasteiger partial charge is 0.399 e. The van der Waals surface area contributed by atoms with Gasteiger partial charge in [-0.05, 0) is 31.0 Å². The highest BCUT2D eigenvalue weighted by atomic mass is 15.1. The third-order valence-corrected chi connectivity index (χ3v) is 3.84. The summed E-state index contributed by atoms with van der Waals surface area (Å²) in [4.78, 5) is 4.33. The van der Waals surface area contributed by atoms with Crippen LogP contribution in [0.1, 0.15) is 43.7 Å². The van der Waals surface area contributed by atoms with Crippen molar-refractivity contribution in [3.63, 3.8) is 0 Å². The van der Waals surface area contributed by atoms with E-state index in [0.717, 1.165) is 11.4 Å². The zero-order valence-electron chi connectivity index (χ0n) is 10.5. The lowest BCUT2D eigenvalue weighted by Gasteiger charge is -2.22. The van der Waals surface area contributed by atoms with Crippen molar-refractivity contribution in [2.45, 2.75) is 38.0 Å². The van der Waals surface area contributed by atoms with Crippen LogP contribution >= 0.6 is 0 Å². The maximum atomic E-state index is 5.86. The van der Waals surface area contributed by atoms with Crippen molar-refractivity contribution in [3.8, 4) is 5.69 Å². The lowest BCUT2D eigenvalue weighted by Crippen LogP contribution is -2.09. The molecule has 1 saturated carbocycles. The van der Waals surface area contributed by atoms with E-state index in [9.17, 15) is 0 Å². The van der Waals surface area contributed by atoms with Crippen LogP contribution in [0.4, 0.5) is 5.69 Å². The summed E-state index contributed by atoms with van der Waals surface area (Å²) < 4.78 is 2.19. The Morgan fingerprint density at radius 2 is 2.00 bits per heavy atom. The third kappa shape index (κ3) is 2.13. The summed E-state index contributed by atoms with van der Waals surface area (Å²) in [5.41, 5.74) is 9.11. The molecule has 1 heterocycles. The molecule has 1 aromatic carbocycles. The lowest BCUT2D eigenvalue weighted by molar-refractivity contribution is 0.433. The summed E-state index contributed by atoms with van der Waals surface area (Å²) in [7, 11) is 0. The Balaban J connectivity index is 1.95. The first-order valence-corrected chi connectivity index (χ1v) is 6.73. The molecule has 1 aromatic heterocycles. The zero-order valence-corrected chi connectivity index (χ0v) is 10.5. The number of nitrogens with zero attached hydrogens (tertiary/aromatic N) is 2. The quantitative estimate of drug-likeness (QED) is 0.818. The Morgan fingerprint density at radius 3 is 2.78 bits per heavy atom. The van der Waals surface area contributed by atoms with Crippen molar-refractivity contribution in [2.24, 2.45) is 0 Å². The number of benzene rings is 1. The number of imidazole rings is 1. The van der Waals surface area contributed by atoms with Gasteiger partial charge in [0.15, 0.2) is 0 Å². The minimum Gasteiger partial charge on any atom is -0.399 e. The van der Waals surface area contributed by atoms with Gasteiger partial charge in [-0.15, -0.1) is 0 Å². The molecule has 3 nitrogen and oxygen atoms in total.